The lowest BCUT2D eigenvalue weighted by molar-refractivity contribution is -0.181. The van der Waals surface area contributed by atoms with Crippen molar-refractivity contribution in [3.8, 4) is 0 Å². The van der Waals surface area contributed by atoms with Crippen LogP contribution >= 0.6 is 0 Å². The molecule has 7 heteroatoms. The average molecular weight is 333 g/mol. The van der Waals surface area contributed by atoms with E-state index in [0.717, 1.165) is 13.1 Å². The van der Waals surface area contributed by atoms with Crippen LogP contribution in [0.1, 0.15) is 40.0 Å². The predicted octanol–water partition coefficient (Wildman–Crippen LogP) is 2.39. The van der Waals surface area contributed by atoms with E-state index in [1.54, 1.807) is 6.92 Å². The van der Waals surface area contributed by atoms with E-state index >= 15 is 0 Å². The van der Waals surface area contributed by atoms with Crippen LogP contribution in [0.4, 0.5) is 8.78 Å². The summed E-state index contributed by atoms with van der Waals surface area (Å²) in [5.41, 5.74) is 0.399. The molecule has 132 valence electrons. The molecule has 23 heavy (non-hydrogen) atoms. The second kappa shape index (κ2) is 6.34. The third kappa shape index (κ3) is 4.00. The Morgan fingerprint density at radius 3 is 2.26 bits per heavy atom. The van der Waals surface area contributed by atoms with Crippen molar-refractivity contribution < 1.29 is 28.2 Å². The van der Waals surface area contributed by atoms with Crippen LogP contribution in [0.2, 0.25) is 0 Å². The van der Waals surface area contributed by atoms with Gasteiger partial charge in [0.15, 0.2) is 0 Å². The van der Waals surface area contributed by atoms with E-state index in [1.165, 1.54) is 0 Å². The number of halogens is 2. The highest BCUT2D eigenvalue weighted by Crippen LogP contribution is 2.61. The molecule has 1 aliphatic heterocycles. The SMILES string of the molecule is C[C@H](CC(=O)N1CC2C(C1)C2(C)C)OC1CC(F)(F)C1.O=CO. The quantitative estimate of drug-likeness (QED) is 0.802. The van der Waals surface area contributed by atoms with Gasteiger partial charge in [0.1, 0.15) is 0 Å². The molecule has 2 aliphatic carbocycles. The largest absolute Gasteiger partial charge is 0.483 e. The summed E-state index contributed by atoms with van der Waals surface area (Å²) in [5.74, 6) is -1.16. The van der Waals surface area contributed by atoms with E-state index in [4.69, 9.17) is 14.6 Å². The zero-order valence-electron chi connectivity index (χ0n) is 13.8. The number of alkyl halides is 2. The first-order chi connectivity index (χ1) is 10.6. The van der Waals surface area contributed by atoms with E-state index in [1.807, 2.05) is 4.90 Å². The number of likely N-dealkylation sites (tertiary alicyclic amines) is 1. The fourth-order valence-corrected chi connectivity index (χ4v) is 3.79. The highest BCUT2D eigenvalue weighted by atomic mass is 19.3. The Balaban J connectivity index is 0.000000595. The maximum Gasteiger partial charge on any atom is 0.290 e. The fourth-order valence-electron chi connectivity index (χ4n) is 3.79. The van der Waals surface area contributed by atoms with E-state index in [2.05, 4.69) is 13.8 Å². The molecule has 3 aliphatic rings. The van der Waals surface area contributed by atoms with Crippen molar-refractivity contribution in [2.45, 2.75) is 58.2 Å². The van der Waals surface area contributed by atoms with E-state index in [9.17, 15) is 13.6 Å². The smallest absolute Gasteiger partial charge is 0.290 e. The maximum atomic E-state index is 12.7. The number of carbonyl (C=O) groups excluding carboxylic acids is 1. The Morgan fingerprint density at radius 2 is 1.83 bits per heavy atom. The third-order valence-corrected chi connectivity index (χ3v) is 5.41. The first-order valence-corrected chi connectivity index (χ1v) is 7.99. The molecule has 0 spiro atoms. The van der Waals surface area contributed by atoms with Crippen LogP contribution in [0.3, 0.4) is 0 Å². The lowest BCUT2D eigenvalue weighted by atomic mass is 9.91. The average Bonchev–Trinajstić information content (AvgIpc) is 2.77. The van der Waals surface area contributed by atoms with Gasteiger partial charge in [-0.3, -0.25) is 9.59 Å². The fraction of sp³-hybridized carbons (Fsp3) is 0.875. The molecular formula is C16H25F2NO4. The molecule has 0 aromatic heterocycles. The van der Waals surface area contributed by atoms with Gasteiger partial charge in [0.05, 0.1) is 18.6 Å². The summed E-state index contributed by atoms with van der Waals surface area (Å²) in [6.07, 6.45) is -0.740. The van der Waals surface area contributed by atoms with Gasteiger partial charge in [-0.05, 0) is 24.2 Å². The summed E-state index contributed by atoms with van der Waals surface area (Å²) < 4.78 is 30.9. The molecule has 0 aromatic rings. The van der Waals surface area contributed by atoms with Gasteiger partial charge < -0.3 is 14.7 Å². The van der Waals surface area contributed by atoms with Crippen molar-refractivity contribution in [1.29, 1.82) is 0 Å². The van der Waals surface area contributed by atoms with Crippen LogP contribution in [0.15, 0.2) is 0 Å². The molecule has 2 saturated carbocycles. The normalized spacial score (nSPS) is 31.3. The van der Waals surface area contributed by atoms with Crippen LogP contribution in [0, 0.1) is 17.3 Å². The number of nitrogens with zero attached hydrogens (tertiary/aromatic N) is 1. The second-order valence-corrected chi connectivity index (χ2v) is 7.48. The Hall–Kier alpha value is -1.24. The van der Waals surface area contributed by atoms with Crippen LogP contribution < -0.4 is 0 Å². The molecule has 3 fully saturated rings. The number of piperidine rings is 1. The summed E-state index contributed by atoms with van der Waals surface area (Å²) >= 11 is 0. The molecule has 5 nitrogen and oxygen atoms in total. The minimum atomic E-state index is -2.56. The summed E-state index contributed by atoms with van der Waals surface area (Å²) in [5, 5.41) is 6.89. The van der Waals surface area contributed by atoms with Crippen molar-refractivity contribution in [2.24, 2.45) is 17.3 Å². The number of hydrogen-bond acceptors (Lipinski definition) is 3. The van der Waals surface area contributed by atoms with Crippen molar-refractivity contribution in [3.63, 3.8) is 0 Å². The Kier molecular flexibility index (Phi) is 4.99. The molecule has 2 unspecified atom stereocenters. The topological polar surface area (TPSA) is 66.8 Å². The van der Waals surface area contributed by atoms with Gasteiger partial charge >= 0.3 is 0 Å². The maximum absolute atomic E-state index is 12.7. The predicted molar refractivity (Wildman–Crippen MR) is 79.2 cm³/mol. The zero-order chi connectivity index (χ0) is 17.4. The van der Waals surface area contributed by atoms with Crippen molar-refractivity contribution >= 4 is 12.4 Å². The van der Waals surface area contributed by atoms with Crippen molar-refractivity contribution in [2.75, 3.05) is 13.1 Å². The molecule has 3 rings (SSSR count). The lowest BCUT2D eigenvalue weighted by Crippen LogP contribution is -2.43. The first-order valence-electron chi connectivity index (χ1n) is 7.99. The number of hydrogen-bond donors (Lipinski definition) is 1. The Bertz CT molecular complexity index is 447. The lowest BCUT2D eigenvalue weighted by Gasteiger charge is -2.36. The number of carbonyl (C=O) groups is 2. The first kappa shape index (κ1) is 18.1. The molecule has 0 aromatic carbocycles. The van der Waals surface area contributed by atoms with Gasteiger partial charge in [-0.25, -0.2) is 8.78 Å². The van der Waals surface area contributed by atoms with Gasteiger partial charge in [0.2, 0.25) is 5.91 Å². The van der Waals surface area contributed by atoms with Crippen LogP contribution in [0.5, 0.6) is 0 Å². The van der Waals surface area contributed by atoms with Gasteiger partial charge in [0.25, 0.3) is 12.4 Å². The molecule has 3 atom stereocenters. The number of rotatable bonds is 4. The van der Waals surface area contributed by atoms with Crippen molar-refractivity contribution in [3.05, 3.63) is 0 Å². The van der Waals surface area contributed by atoms with Crippen LogP contribution in [-0.4, -0.2) is 53.6 Å². The number of fused-ring (bicyclic) bond motifs is 1. The number of amides is 1. The van der Waals surface area contributed by atoms with Crippen molar-refractivity contribution in [1.82, 2.24) is 4.90 Å². The third-order valence-electron chi connectivity index (χ3n) is 5.41. The van der Waals surface area contributed by atoms with Gasteiger partial charge in [-0.15, -0.1) is 0 Å². The molecule has 0 bridgehead atoms. The monoisotopic (exact) mass is 333 g/mol. The Morgan fingerprint density at radius 1 is 1.35 bits per heavy atom. The summed E-state index contributed by atoms with van der Waals surface area (Å²) in [6.45, 7) is 7.77. The molecular weight excluding hydrogens is 308 g/mol. The molecule has 1 amide bonds. The molecule has 1 N–H and O–H groups in total. The summed E-state index contributed by atoms with van der Waals surface area (Å²) in [4.78, 5) is 22.4. The molecule has 1 heterocycles. The summed E-state index contributed by atoms with van der Waals surface area (Å²) in [6, 6.07) is 0. The molecule has 1 saturated heterocycles. The Labute approximate surface area is 135 Å². The van der Waals surface area contributed by atoms with E-state index < -0.39 is 5.92 Å². The highest BCUT2D eigenvalue weighted by molar-refractivity contribution is 5.77. The number of ether oxygens (including phenoxy) is 1. The highest BCUT2D eigenvalue weighted by Gasteiger charge is 2.62. The van der Waals surface area contributed by atoms with Crippen LogP contribution in [0.25, 0.3) is 0 Å². The standard InChI is InChI=1S/C15H23F2NO2.CH2O2/c1-9(20-10-5-15(16,17)6-10)4-13(19)18-7-11-12(8-18)14(11,2)3;2-1-3/h9-12H,4-8H2,1-3H3;1H,(H,2,3)/t9-,11?,12?;/m1./s1. The minimum Gasteiger partial charge on any atom is -0.483 e. The van der Waals surface area contributed by atoms with Gasteiger partial charge in [-0.2, -0.15) is 0 Å². The second-order valence-electron chi connectivity index (χ2n) is 7.48. The van der Waals surface area contributed by atoms with Gasteiger partial charge in [0, 0.05) is 25.9 Å². The van der Waals surface area contributed by atoms with Gasteiger partial charge in [-0.1, -0.05) is 13.8 Å². The van der Waals surface area contributed by atoms with E-state index in [-0.39, 0.29) is 37.4 Å². The van der Waals surface area contributed by atoms with E-state index in [0.29, 0.717) is 23.7 Å². The zero-order valence-corrected chi connectivity index (χ0v) is 13.8. The van der Waals surface area contributed by atoms with Crippen LogP contribution in [-0.2, 0) is 14.3 Å². The number of carboxylic acid groups (broad SMARTS) is 1. The molecule has 0 radical (unpaired) electrons. The summed E-state index contributed by atoms with van der Waals surface area (Å²) in [7, 11) is 0. The minimum absolute atomic E-state index is 0.103.